The van der Waals surface area contributed by atoms with Gasteiger partial charge in [-0.3, -0.25) is 4.79 Å². The molecular formula is C14H26N2O2. The number of carbonyl (C=O) groups is 1. The molecule has 2 aliphatic rings. The SMILES string of the molecule is CO[C@]1(C)C[C@@H](NC(=O)[C@]2(C)CCNC2)C1(C)C. The number of hydrogen-bond acceptors (Lipinski definition) is 3. The van der Waals surface area contributed by atoms with Gasteiger partial charge < -0.3 is 15.4 Å². The van der Waals surface area contributed by atoms with E-state index in [0.717, 1.165) is 25.9 Å². The standard InChI is InChI=1S/C14H26N2O2/c1-12(2)10(8-14(12,4)18-5)16-11(17)13(3)6-7-15-9-13/h10,15H,6-9H2,1-5H3,(H,16,17)/t10-,13-,14-/m1/s1. The quantitative estimate of drug-likeness (QED) is 0.798. The topological polar surface area (TPSA) is 50.4 Å². The second-order valence-corrected chi connectivity index (χ2v) is 6.87. The normalized spacial score (nSPS) is 42.4. The molecule has 1 amide bonds. The fourth-order valence-corrected chi connectivity index (χ4v) is 3.07. The molecule has 1 heterocycles. The molecule has 0 aromatic heterocycles. The maximum atomic E-state index is 12.4. The molecule has 3 atom stereocenters. The van der Waals surface area contributed by atoms with Crippen LogP contribution in [-0.4, -0.2) is 37.7 Å². The fraction of sp³-hybridized carbons (Fsp3) is 0.929. The van der Waals surface area contributed by atoms with Crippen molar-refractivity contribution in [2.75, 3.05) is 20.2 Å². The van der Waals surface area contributed by atoms with Crippen LogP contribution >= 0.6 is 0 Å². The summed E-state index contributed by atoms with van der Waals surface area (Å²) in [5, 5.41) is 6.49. The molecule has 1 aliphatic carbocycles. The number of carbonyl (C=O) groups excluding carboxylic acids is 1. The van der Waals surface area contributed by atoms with Gasteiger partial charge in [-0.15, -0.1) is 0 Å². The first kappa shape index (κ1) is 13.8. The van der Waals surface area contributed by atoms with E-state index >= 15 is 0 Å². The van der Waals surface area contributed by atoms with Gasteiger partial charge >= 0.3 is 0 Å². The Kier molecular flexibility index (Phi) is 3.23. The summed E-state index contributed by atoms with van der Waals surface area (Å²) in [7, 11) is 1.75. The highest BCUT2D eigenvalue weighted by Crippen LogP contribution is 2.51. The van der Waals surface area contributed by atoms with Crippen LogP contribution in [0.4, 0.5) is 0 Å². The molecule has 0 aromatic carbocycles. The average Bonchev–Trinajstić information content (AvgIpc) is 2.76. The Morgan fingerprint density at radius 3 is 2.44 bits per heavy atom. The number of rotatable bonds is 3. The van der Waals surface area contributed by atoms with Gasteiger partial charge in [0, 0.05) is 25.1 Å². The third kappa shape index (κ3) is 1.86. The second kappa shape index (κ2) is 4.20. The van der Waals surface area contributed by atoms with Crippen LogP contribution in [-0.2, 0) is 9.53 Å². The molecule has 1 saturated heterocycles. The van der Waals surface area contributed by atoms with Gasteiger partial charge in [-0.05, 0) is 33.2 Å². The highest BCUT2D eigenvalue weighted by molar-refractivity contribution is 5.83. The highest BCUT2D eigenvalue weighted by atomic mass is 16.5. The van der Waals surface area contributed by atoms with E-state index in [0.29, 0.717) is 0 Å². The van der Waals surface area contributed by atoms with E-state index in [4.69, 9.17) is 4.74 Å². The average molecular weight is 254 g/mol. The van der Waals surface area contributed by atoms with Gasteiger partial charge in [-0.2, -0.15) is 0 Å². The van der Waals surface area contributed by atoms with Crippen LogP contribution in [0.25, 0.3) is 0 Å². The first-order valence-electron chi connectivity index (χ1n) is 6.82. The number of methoxy groups -OCH3 is 1. The van der Waals surface area contributed by atoms with Gasteiger partial charge in [0.2, 0.25) is 5.91 Å². The maximum Gasteiger partial charge on any atom is 0.227 e. The van der Waals surface area contributed by atoms with Crippen molar-refractivity contribution in [3.8, 4) is 0 Å². The summed E-state index contributed by atoms with van der Waals surface area (Å²) < 4.78 is 5.59. The predicted octanol–water partition coefficient (Wildman–Crippen LogP) is 1.31. The molecule has 0 spiro atoms. The number of amides is 1. The molecule has 0 unspecified atom stereocenters. The molecule has 2 fully saturated rings. The zero-order chi connectivity index (χ0) is 13.6. The second-order valence-electron chi connectivity index (χ2n) is 6.87. The summed E-state index contributed by atoms with van der Waals surface area (Å²) >= 11 is 0. The number of hydrogen-bond donors (Lipinski definition) is 2. The van der Waals surface area contributed by atoms with E-state index in [9.17, 15) is 4.79 Å². The molecule has 0 radical (unpaired) electrons. The Bertz CT molecular complexity index is 348. The maximum absolute atomic E-state index is 12.4. The minimum absolute atomic E-state index is 0.0141. The lowest BCUT2D eigenvalue weighted by Crippen LogP contribution is -2.69. The van der Waals surface area contributed by atoms with E-state index in [-0.39, 0.29) is 28.4 Å². The van der Waals surface area contributed by atoms with Crippen molar-refractivity contribution in [2.45, 2.75) is 52.2 Å². The monoisotopic (exact) mass is 254 g/mol. The van der Waals surface area contributed by atoms with Gasteiger partial charge in [0.1, 0.15) is 0 Å². The van der Waals surface area contributed by atoms with Crippen LogP contribution in [0, 0.1) is 10.8 Å². The summed E-state index contributed by atoms with van der Waals surface area (Å²) in [6, 6.07) is 0.215. The molecule has 0 aromatic rings. The van der Waals surface area contributed by atoms with Crippen molar-refractivity contribution in [2.24, 2.45) is 10.8 Å². The van der Waals surface area contributed by atoms with E-state index in [1.54, 1.807) is 7.11 Å². The smallest absolute Gasteiger partial charge is 0.227 e. The van der Waals surface area contributed by atoms with Crippen molar-refractivity contribution in [3.05, 3.63) is 0 Å². The van der Waals surface area contributed by atoms with Crippen LogP contribution in [0.3, 0.4) is 0 Å². The van der Waals surface area contributed by atoms with Gasteiger partial charge in [0.05, 0.1) is 11.0 Å². The van der Waals surface area contributed by atoms with Crippen LogP contribution in [0.1, 0.15) is 40.5 Å². The molecule has 18 heavy (non-hydrogen) atoms. The van der Waals surface area contributed by atoms with Crippen molar-refractivity contribution >= 4 is 5.91 Å². The zero-order valence-electron chi connectivity index (χ0n) is 12.2. The fourth-order valence-electron chi connectivity index (χ4n) is 3.07. The minimum Gasteiger partial charge on any atom is -0.378 e. The zero-order valence-corrected chi connectivity index (χ0v) is 12.2. The van der Waals surface area contributed by atoms with E-state index in [1.165, 1.54) is 0 Å². The van der Waals surface area contributed by atoms with Crippen LogP contribution in [0.15, 0.2) is 0 Å². The van der Waals surface area contributed by atoms with Crippen molar-refractivity contribution < 1.29 is 9.53 Å². The third-order valence-corrected chi connectivity index (χ3v) is 5.50. The van der Waals surface area contributed by atoms with Gasteiger partial charge in [0.15, 0.2) is 0 Å². The molecule has 1 saturated carbocycles. The first-order valence-corrected chi connectivity index (χ1v) is 6.82. The van der Waals surface area contributed by atoms with Crippen LogP contribution < -0.4 is 10.6 Å². The summed E-state index contributed by atoms with van der Waals surface area (Å²) in [6.07, 6.45) is 1.82. The van der Waals surface area contributed by atoms with Crippen molar-refractivity contribution in [3.63, 3.8) is 0 Å². The number of nitrogens with one attached hydrogen (secondary N) is 2. The Morgan fingerprint density at radius 1 is 1.33 bits per heavy atom. The molecule has 4 nitrogen and oxygen atoms in total. The first-order chi connectivity index (χ1) is 8.25. The Morgan fingerprint density at radius 2 is 2.00 bits per heavy atom. The third-order valence-electron chi connectivity index (χ3n) is 5.50. The molecular weight excluding hydrogens is 228 g/mol. The molecule has 2 N–H and O–H groups in total. The summed E-state index contributed by atoms with van der Waals surface area (Å²) in [5.74, 6) is 0.184. The molecule has 1 aliphatic heterocycles. The predicted molar refractivity (Wildman–Crippen MR) is 71.3 cm³/mol. The van der Waals surface area contributed by atoms with E-state index in [2.05, 4.69) is 31.4 Å². The van der Waals surface area contributed by atoms with Crippen LogP contribution in [0.5, 0.6) is 0 Å². The van der Waals surface area contributed by atoms with Gasteiger partial charge in [-0.25, -0.2) is 0 Å². The summed E-state index contributed by atoms with van der Waals surface area (Å²) in [5.41, 5.74) is -0.380. The molecule has 2 rings (SSSR count). The van der Waals surface area contributed by atoms with Crippen molar-refractivity contribution in [1.29, 1.82) is 0 Å². The summed E-state index contributed by atoms with van der Waals surface area (Å²) in [4.78, 5) is 12.4. The Hall–Kier alpha value is -0.610. The molecule has 4 heteroatoms. The van der Waals surface area contributed by atoms with Gasteiger partial charge in [-0.1, -0.05) is 13.8 Å². The highest BCUT2D eigenvalue weighted by Gasteiger charge is 2.58. The van der Waals surface area contributed by atoms with E-state index in [1.807, 2.05) is 6.92 Å². The molecule has 104 valence electrons. The Labute approximate surface area is 110 Å². The molecule has 0 bridgehead atoms. The minimum atomic E-state index is -0.241. The number of ether oxygens (including phenoxy) is 1. The van der Waals surface area contributed by atoms with Gasteiger partial charge in [0.25, 0.3) is 0 Å². The largest absolute Gasteiger partial charge is 0.378 e. The lowest BCUT2D eigenvalue weighted by molar-refractivity contribution is -0.184. The van der Waals surface area contributed by atoms with E-state index < -0.39 is 0 Å². The Balaban J connectivity index is 1.98. The summed E-state index contributed by atoms with van der Waals surface area (Å²) in [6.45, 7) is 10.2. The van der Waals surface area contributed by atoms with Crippen molar-refractivity contribution in [1.82, 2.24) is 10.6 Å². The van der Waals surface area contributed by atoms with Crippen LogP contribution in [0.2, 0.25) is 0 Å². The lowest BCUT2D eigenvalue weighted by Gasteiger charge is -2.59. The lowest BCUT2D eigenvalue weighted by atomic mass is 9.55.